The van der Waals surface area contributed by atoms with Gasteiger partial charge in [-0.05, 0) is 49.5 Å². The lowest BCUT2D eigenvalue weighted by Crippen LogP contribution is -2.54. The Bertz CT molecular complexity index is 1620. The standard InChI is InChI=1S/C33H39ClF3N3O3Si/c1-31(2,3)44(5,6)43-32(4)15-22(16-32)40-30(33(35,36)37)25(18-39-40)29-26(19-41)24(17-38-29)23-13-10-14-27(28(23)34)42-20-21-11-8-7-9-12-21/h7-14,17-18,22,38,41H,15-16,19-20H2,1-6H3. The Balaban J connectivity index is 1.45. The van der Waals surface area contributed by atoms with Gasteiger partial charge in [-0.15, -0.1) is 0 Å². The molecule has 0 unspecified atom stereocenters. The van der Waals surface area contributed by atoms with Crippen molar-refractivity contribution in [2.75, 3.05) is 0 Å². The van der Waals surface area contributed by atoms with E-state index in [1.54, 1.807) is 24.4 Å². The van der Waals surface area contributed by atoms with E-state index in [-0.39, 0.29) is 21.9 Å². The number of aromatic nitrogens is 3. The van der Waals surface area contributed by atoms with E-state index in [0.29, 0.717) is 41.3 Å². The summed E-state index contributed by atoms with van der Waals surface area (Å²) >= 11 is 6.74. The van der Waals surface area contributed by atoms with Gasteiger partial charge in [-0.3, -0.25) is 4.68 Å². The van der Waals surface area contributed by atoms with Crippen molar-refractivity contribution in [1.29, 1.82) is 0 Å². The van der Waals surface area contributed by atoms with Crippen molar-refractivity contribution in [3.8, 4) is 28.1 Å². The molecule has 2 N–H and O–H groups in total. The van der Waals surface area contributed by atoms with Crippen LogP contribution < -0.4 is 4.74 Å². The topological polar surface area (TPSA) is 72.3 Å². The highest BCUT2D eigenvalue weighted by atomic mass is 35.5. The van der Waals surface area contributed by atoms with Gasteiger partial charge < -0.3 is 19.3 Å². The lowest BCUT2D eigenvalue weighted by Gasteiger charge is -2.52. The molecule has 0 amide bonds. The van der Waals surface area contributed by atoms with Crippen LogP contribution in [-0.4, -0.2) is 33.8 Å². The average Bonchev–Trinajstić information content (AvgIpc) is 3.55. The smallest absolute Gasteiger partial charge is 0.433 e. The van der Waals surface area contributed by atoms with Gasteiger partial charge in [0.15, 0.2) is 14.0 Å². The van der Waals surface area contributed by atoms with Crippen LogP contribution in [0.3, 0.4) is 0 Å². The summed E-state index contributed by atoms with van der Waals surface area (Å²) in [6.45, 7) is 12.5. The van der Waals surface area contributed by atoms with Gasteiger partial charge in [-0.25, -0.2) is 0 Å². The first-order valence-electron chi connectivity index (χ1n) is 14.7. The first kappa shape index (κ1) is 32.3. The van der Waals surface area contributed by atoms with Crippen LogP contribution in [-0.2, 0) is 23.8 Å². The summed E-state index contributed by atoms with van der Waals surface area (Å²) < 4.78 is 57.7. The third kappa shape index (κ3) is 6.22. The lowest BCUT2D eigenvalue weighted by molar-refractivity contribution is -0.148. The first-order chi connectivity index (χ1) is 20.5. The van der Waals surface area contributed by atoms with Crippen molar-refractivity contribution >= 4 is 19.9 Å². The second-order valence-corrected chi connectivity index (χ2v) is 18.4. The molecule has 2 heterocycles. The van der Waals surface area contributed by atoms with Crippen molar-refractivity contribution in [3.63, 3.8) is 0 Å². The number of aliphatic hydroxyl groups excluding tert-OH is 1. The molecule has 4 aromatic rings. The molecule has 0 saturated heterocycles. The van der Waals surface area contributed by atoms with Crippen LogP contribution in [0.15, 0.2) is 60.9 Å². The van der Waals surface area contributed by atoms with Gasteiger partial charge in [-0.2, -0.15) is 18.3 Å². The fourth-order valence-electron chi connectivity index (χ4n) is 5.73. The molecular formula is C33H39ClF3N3O3Si. The summed E-state index contributed by atoms with van der Waals surface area (Å²) in [7, 11) is -2.12. The Morgan fingerprint density at radius 1 is 1.05 bits per heavy atom. The Kier molecular flexibility index (Phi) is 8.60. The predicted molar refractivity (Wildman–Crippen MR) is 169 cm³/mol. The molecule has 236 valence electrons. The Morgan fingerprint density at radius 3 is 2.34 bits per heavy atom. The second kappa shape index (κ2) is 11.7. The summed E-state index contributed by atoms with van der Waals surface area (Å²) in [5.41, 5.74) is 0.918. The number of hydrogen-bond donors (Lipinski definition) is 2. The zero-order chi connectivity index (χ0) is 32.1. The molecular weight excluding hydrogens is 607 g/mol. The molecule has 1 aliphatic rings. The minimum Gasteiger partial charge on any atom is -0.487 e. The lowest BCUT2D eigenvalue weighted by atomic mass is 9.77. The number of H-pyrrole nitrogens is 1. The zero-order valence-electron chi connectivity index (χ0n) is 25.8. The van der Waals surface area contributed by atoms with E-state index in [1.807, 2.05) is 37.3 Å². The van der Waals surface area contributed by atoms with E-state index < -0.39 is 38.4 Å². The highest BCUT2D eigenvalue weighted by Crippen LogP contribution is 2.51. The Labute approximate surface area is 262 Å². The monoisotopic (exact) mass is 645 g/mol. The molecule has 2 aromatic heterocycles. The number of alkyl halides is 3. The van der Waals surface area contributed by atoms with Crippen LogP contribution in [0.1, 0.15) is 63.4 Å². The molecule has 0 spiro atoms. The van der Waals surface area contributed by atoms with Gasteiger partial charge in [0.1, 0.15) is 12.4 Å². The van der Waals surface area contributed by atoms with E-state index >= 15 is 0 Å². The van der Waals surface area contributed by atoms with Gasteiger partial charge in [0.05, 0.1) is 35.2 Å². The third-order valence-electron chi connectivity index (χ3n) is 8.96. The quantitative estimate of drug-likeness (QED) is 0.178. The van der Waals surface area contributed by atoms with E-state index in [4.69, 9.17) is 20.8 Å². The van der Waals surface area contributed by atoms with Crippen LogP contribution in [0.25, 0.3) is 22.4 Å². The van der Waals surface area contributed by atoms with Crippen LogP contribution in [0.2, 0.25) is 23.2 Å². The predicted octanol–water partition coefficient (Wildman–Crippen LogP) is 9.40. The number of aliphatic hydroxyl groups is 1. The molecule has 0 bridgehead atoms. The maximum atomic E-state index is 14.7. The highest BCUT2D eigenvalue weighted by Gasteiger charge is 2.51. The van der Waals surface area contributed by atoms with Crippen molar-refractivity contribution in [1.82, 2.24) is 14.8 Å². The van der Waals surface area contributed by atoms with E-state index in [0.717, 1.165) is 10.2 Å². The zero-order valence-corrected chi connectivity index (χ0v) is 27.6. The molecule has 1 aliphatic carbocycles. The molecule has 6 nitrogen and oxygen atoms in total. The van der Waals surface area contributed by atoms with Crippen LogP contribution in [0, 0.1) is 0 Å². The van der Waals surface area contributed by atoms with Crippen LogP contribution >= 0.6 is 11.6 Å². The normalized spacial score (nSPS) is 19.2. The molecule has 44 heavy (non-hydrogen) atoms. The van der Waals surface area contributed by atoms with Gasteiger partial charge in [0.25, 0.3) is 0 Å². The van der Waals surface area contributed by atoms with Crippen LogP contribution in [0.5, 0.6) is 5.75 Å². The van der Waals surface area contributed by atoms with Crippen molar-refractivity contribution < 1.29 is 27.4 Å². The molecule has 11 heteroatoms. The summed E-state index contributed by atoms with van der Waals surface area (Å²) in [6, 6.07) is 14.4. The number of hydrogen-bond acceptors (Lipinski definition) is 4. The Hall–Kier alpha value is -3.05. The number of aromatic amines is 1. The van der Waals surface area contributed by atoms with Crippen molar-refractivity contribution in [2.45, 2.75) is 89.7 Å². The summed E-state index contributed by atoms with van der Waals surface area (Å²) in [5.74, 6) is 0.427. The van der Waals surface area contributed by atoms with Gasteiger partial charge in [0.2, 0.25) is 0 Å². The average molecular weight is 646 g/mol. The maximum Gasteiger partial charge on any atom is 0.433 e. The highest BCUT2D eigenvalue weighted by molar-refractivity contribution is 6.74. The largest absolute Gasteiger partial charge is 0.487 e. The number of halogens is 4. The minimum absolute atomic E-state index is 0.0143. The SMILES string of the molecule is CC1(O[Si](C)(C)C(C)(C)C)CC(n2ncc(-c3[nH]cc(-c4cccc(OCc5ccccc5)c4Cl)c3CO)c2C(F)(F)F)C1. The minimum atomic E-state index is -4.68. The third-order valence-corrected chi connectivity index (χ3v) is 14.0. The number of rotatable bonds is 9. The molecule has 1 fully saturated rings. The fourth-order valence-corrected chi connectivity index (χ4v) is 7.72. The van der Waals surface area contributed by atoms with E-state index in [9.17, 15) is 18.3 Å². The van der Waals surface area contributed by atoms with Crippen LogP contribution in [0.4, 0.5) is 13.2 Å². The molecule has 0 radical (unpaired) electrons. The summed E-state index contributed by atoms with van der Waals surface area (Å²) in [4.78, 5) is 2.98. The molecule has 2 aromatic carbocycles. The van der Waals surface area contributed by atoms with Crippen molar-refractivity contribution in [3.05, 3.63) is 82.8 Å². The maximum absolute atomic E-state index is 14.7. The number of ether oxygens (including phenoxy) is 1. The first-order valence-corrected chi connectivity index (χ1v) is 18.0. The molecule has 0 aliphatic heterocycles. The summed E-state index contributed by atoms with van der Waals surface area (Å²) in [5, 5.41) is 14.9. The Morgan fingerprint density at radius 2 is 1.73 bits per heavy atom. The van der Waals surface area contributed by atoms with Gasteiger partial charge >= 0.3 is 6.18 Å². The van der Waals surface area contributed by atoms with Gasteiger partial charge in [-0.1, -0.05) is 74.8 Å². The van der Waals surface area contributed by atoms with E-state index in [1.165, 1.54) is 6.20 Å². The number of nitrogens with zero attached hydrogens (tertiary/aromatic N) is 2. The molecule has 0 atom stereocenters. The molecule has 5 rings (SSSR count). The van der Waals surface area contributed by atoms with E-state index in [2.05, 4.69) is 43.9 Å². The summed E-state index contributed by atoms with van der Waals surface area (Å²) in [6.07, 6.45) is -1.04. The second-order valence-electron chi connectivity index (χ2n) is 13.3. The number of benzene rings is 2. The van der Waals surface area contributed by atoms with Gasteiger partial charge in [0, 0.05) is 28.5 Å². The van der Waals surface area contributed by atoms with Crippen molar-refractivity contribution in [2.24, 2.45) is 0 Å². The number of nitrogens with one attached hydrogen (secondary N) is 1. The fraction of sp³-hybridized carbons (Fsp3) is 0.424. The molecule has 1 saturated carbocycles.